The molecule has 2 aromatic carbocycles. The van der Waals surface area contributed by atoms with E-state index >= 15 is 0 Å². The molecule has 1 saturated heterocycles. The zero-order valence-corrected chi connectivity index (χ0v) is 17.9. The Morgan fingerprint density at radius 3 is 2.62 bits per heavy atom. The average molecular weight is 432 g/mol. The van der Waals surface area contributed by atoms with E-state index in [2.05, 4.69) is 6.92 Å². The molecule has 0 atom stereocenters. The standard InChI is InChI=1S/C22H22ClNO4S/c1-3-5-11-28-18-10-9-15(12-19(18)27-4-2)13-20-21(25)24(22(26)29-20)17-8-6-7-16(23)14-17/h6-10,12-14H,3-5,11H2,1-2H3/b20-13+. The Bertz CT molecular complexity index is 944. The van der Waals surface area contributed by atoms with Crippen molar-refractivity contribution in [3.63, 3.8) is 0 Å². The molecule has 0 unspecified atom stereocenters. The van der Waals surface area contributed by atoms with Crippen LogP contribution in [0.15, 0.2) is 47.4 Å². The number of amides is 2. The maximum Gasteiger partial charge on any atom is 0.298 e. The van der Waals surface area contributed by atoms with Crippen LogP contribution >= 0.6 is 23.4 Å². The number of anilines is 1. The number of carbonyl (C=O) groups is 2. The van der Waals surface area contributed by atoms with Crippen LogP contribution in [0.3, 0.4) is 0 Å². The highest BCUT2D eigenvalue weighted by Crippen LogP contribution is 2.37. The fourth-order valence-electron chi connectivity index (χ4n) is 2.79. The van der Waals surface area contributed by atoms with Gasteiger partial charge in [-0.15, -0.1) is 0 Å². The van der Waals surface area contributed by atoms with Crippen LogP contribution in [0.2, 0.25) is 5.02 Å². The lowest BCUT2D eigenvalue weighted by Crippen LogP contribution is -2.27. The Kier molecular flexibility index (Phi) is 7.23. The number of ether oxygens (including phenoxy) is 2. The minimum atomic E-state index is -0.372. The SMILES string of the molecule is CCCCOc1ccc(/C=C2/SC(=O)N(c3cccc(Cl)c3)C2=O)cc1OCC. The molecule has 1 fully saturated rings. The molecule has 1 aliphatic heterocycles. The van der Waals surface area contributed by atoms with Gasteiger partial charge in [-0.05, 0) is 67.1 Å². The smallest absolute Gasteiger partial charge is 0.298 e. The van der Waals surface area contributed by atoms with Gasteiger partial charge in [-0.1, -0.05) is 37.1 Å². The van der Waals surface area contributed by atoms with Crippen molar-refractivity contribution in [2.24, 2.45) is 0 Å². The first-order valence-electron chi connectivity index (χ1n) is 9.46. The van der Waals surface area contributed by atoms with Gasteiger partial charge in [0.2, 0.25) is 0 Å². The molecule has 0 spiro atoms. The topological polar surface area (TPSA) is 55.8 Å². The molecule has 2 aromatic rings. The Morgan fingerprint density at radius 2 is 1.90 bits per heavy atom. The summed E-state index contributed by atoms with van der Waals surface area (Å²) in [6, 6.07) is 12.2. The van der Waals surface area contributed by atoms with Gasteiger partial charge in [0.25, 0.3) is 11.1 Å². The first-order chi connectivity index (χ1) is 14.0. The summed E-state index contributed by atoms with van der Waals surface area (Å²) in [6.45, 7) is 5.12. The van der Waals surface area contributed by atoms with Gasteiger partial charge < -0.3 is 9.47 Å². The number of thioether (sulfide) groups is 1. The van der Waals surface area contributed by atoms with Crippen molar-refractivity contribution in [3.8, 4) is 11.5 Å². The number of nitrogens with zero attached hydrogens (tertiary/aromatic N) is 1. The number of unbranched alkanes of at least 4 members (excludes halogenated alkanes) is 1. The molecule has 1 heterocycles. The molecule has 0 saturated carbocycles. The molecule has 3 rings (SSSR count). The Balaban J connectivity index is 1.84. The lowest BCUT2D eigenvalue weighted by atomic mass is 10.1. The van der Waals surface area contributed by atoms with Gasteiger partial charge in [0.05, 0.1) is 23.8 Å². The third kappa shape index (κ3) is 5.14. The Morgan fingerprint density at radius 1 is 1.07 bits per heavy atom. The first-order valence-corrected chi connectivity index (χ1v) is 10.7. The summed E-state index contributed by atoms with van der Waals surface area (Å²) >= 11 is 6.90. The van der Waals surface area contributed by atoms with E-state index in [9.17, 15) is 9.59 Å². The van der Waals surface area contributed by atoms with Gasteiger partial charge in [0.1, 0.15) is 0 Å². The van der Waals surface area contributed by atoms with Crippen LogP contribution in [0.5, 0.6) is 11.5 Å². The Labute approximate surface area is 179 Å². The van der Waals surface area contributed by atoms with Gasteiger partial charge >= 0.3 is 0 Å². The fourth-order valence-corrected chi connectivity index (χ4v) is 3.81. The van der Waals surface area contributed by atoms with Crippen molar-refractivity contribution >= 4 is 46.3 Å². The average Bonchev–Trinajstić information content (AvgIpc) is 2.97. The van der Waals surface area contributed by atoms with Gasteiger partial charge in [0, 0.05) is 5.02 Å². The highest BCUT2D eigenvalue weighted by molar-refractivity contribution is 8.19. The molecular formula is C22H22ClNO4S. The second-order valence-electron chi connectivity index (χ2n) is 6.34. The van der Waals surface area contributed by atoms with E-state index in [0.29, 0.717) is 40.3 Å². The highest BCUT2D eigenvalue weighted by atomic mass is 35.5. The van der Waals surface area contributed by atoms with Crippen LogP contribution < -0.4 is 14.4 Å². The number of halogens is 1. The summed E-state index contributed by atoms with van der Waals surface area (Å²) in [7, 11) is 0. The van der Waals surface area contributed by atoms with Crippen LogP contribution in [0.4, 0.5) is 10.5 Å². The molecule has 7 heteroatoms. The van der Waals surface area contributed by atoms with Crippen LogP contribution in [0.1, 0.15) is 32.3 Å². The van der Waals surface area contributed by atoms with E-state index in [1.807, 2.05) is 25.1 Å². The van der Waals surface area contributed by atoms with E-state index in [1.165, 1.54) is 0 Å². The van der Waals surface area contributed by atoms with Crippen molar-refractivity contribution in [3.05, 3.63) is 58.0 Å². The molecule has 0 N–H and O–H groups in total. The number of carbonyl (C=O) groups excluding carboxylic acids is 2. The van der Waals surface area contributed by atoms with Crippen molar-refractivity contribution in [1.82, 2.24) is 0 Å². The third-order valence-corrected chi connectivity index (χ3v) is 5.29. The van der Waals surface area contributed by atoms with E-state index in [-0.39, 0.29) is 11.1 Å². The monoisotopic (exact) mass is 431 g/mol. The molecule has 0 aromatic heterocycles. The van der Waals surface area contributed by atoms with Crippen LogP contribution in [0, 0.1) is 0 Å². The maximum absolute atomic E-state index is 12.8. The summed E-state index contributed by atoms with van der Waals surface area (Å²) in [5.74, 6) is 0.916. The van der Waals surface area contributed by atoms with E-state index in [4.69, 9.17) is 21.1 Å². The molecule has 0 radical (unpaired) electrons. The summed E-state index contributed by atoms with van der Waals surface area (Å²) < 4.78 is 11.5. The molecule has 1 aliphatic rings. The summed E-state index contributed by atoms with van der Waals surface area (Å²) in [4.78, 5) is 26.7. The Hall–Kier alpha value is -2.44. The summed E-state index contributed by atoms with van der Waals surface area (Å²) in [5.41, 5.74) is 1.21. The van der Waals surface area contributed by atoms with E-state index < -0.39 is 0 Å². The summed E-state index contributed by atoms with van der Waals surface area (Å²) in [5, 5.41) is 0.110. The number of hydrogen-bond acceptors (Lipinski definition) is 5. The number of hydrogen-bond donors (Lipinski definition) is 0. The van der Waals surface area contributed by atoms with Crippen molar-refractivity contribution in [2.75, 3.05) is 18.1 Å². The largest absolute Gasteiger partial charge is 0.490 e. The predicted octanol–water partition coefficient (Wildman–Crippen LogP) is 6.16. The minimum absolute atomic E-state index is 0.345. The molecule has 29 heavy (non-hydrogen) atoms. The van der Waals surface area contributed by atoms with Gasteiger partial charge in [-0.3, -0.25) is 9.59 Å². The zero-order chi connectivity index (χ0) is 20.8. The number of rotatable bonds is 8. The van der Waals surface area contributed by atoms with Gasteiger partial charge in [-0.2, -0.15) is 0 Å². The lowest BCUT2D eigenvalue weighted by molar-refractivity contribution is -0.113. The first kappa shape index (κ1) is 21.3. The molecule has 0 bridgehead atoms. The number of benzene rings is 2. The normalized spacial score (nSPS) is 15.3. The van der Waals surface area contributed by atoms with Crippen molar-refractivity contribution in [2.45, 2.75) is 26.7 Å². The molecular weight excluding hydrogens is 410 g/mol. The van der Waals surface area contributed by atoms with Crippen molar-refractivity contribution in [1.29, 1.82) is 0 Å². The molecule has 152 valence electrons. The lowest BCUT2D eigenvalue weighted by Gasteiger charge is -2.13. The number of imide groups is 1. The second kappa shape index (κ2) is 9.85. The predicted molar refractivity (Wildman–Crippen MR) is 118 cm³/mol. The maximum atomic E-state index is 12.8. The minimum Gasteiger partial charge on any atom is -0.490 e. The van der Waals surface area contributed by atoms with E-state index in [0.717, 1.165) is 35.1 Å². The van der Waals surface area contributed by atoms with Crippen LogP contribution in [-0.2, 0) is 4.79 Å². The van der Waals surface area contributed by atoms with Gasteiger partial charge in [0.15, 0.2) is 11.5 Å². The molecule has 2 amide bonds. The van der Waals surface area contributed by atoms with Crippen LogP contribution in [-0.4, -0.2) is 24.4 Å². The second-order valence-corrected chi connectivity index (χ2v) is 7.77. The fraction of sp³-hybridized carbons (Fsp3) is 0.273. The molecule has 0 aliphatic carbocycles. The molecule has 5 nitrogen and oxygen atoms in total. The van der Waals surface area contributed by atoms with Gasteiger partial charge in [-0.25, -0.2) is 4.90 Å². The quantitative estimate of drug-likeness (QED) is 0.370. The van der Waals surface area contributed by atoms with E-state index in [1.54, 1.807) is 30.3 Å². The summed E-state index contributed by atoms with van der Waals surface area (Å²) in [6.07, 6.45) is 3.70. The van der Waals surface area contributed by atoms with Crippen molar-refractivity contribution < 1.29 is 19.1 Å². The van der Waals surface area contributed by atoms with Crippen LogP contribution in [0.25, 0.3) is 6.08 Å². The zero-order valence-electron chi connectivity index (χ0n) is 16.3. The highest BCUT2D eigenvalue weighted by Gasteiger charge is 2.36. The third-order valence-electron chi connectivity index (χ3n) is 4.18.